The van der Waals surface area contributed by atoms with Crippen LogP contribution < -0.4 is 5.32 Å². The average Bonchev–Trinajstić information content (AvgIpc) is 2.68. The first-order chi connectivity index (χ1) is 13.0. The van der Waals surface area contributed by atoms with Gasteiger partial charge < -0.3 is 10.2 Å². The zero-order valence-electron chi connectivity index (χ0n) is 16.4. The number of ketones is 1. The summed E-state index contributed by atoms with van der Waals surface area (Å²) in [5, 5.41) is 3.56. The van der Waals surface area contributed by atoms with Crippen LogP contribution in [0.25, 0.3) is 0 Å². The van der Waals surface area contributed by atoms with Crippen LogP contribution in [0.5, 0.6) is 0 Å². The average molecular weight is 364 g/mol. The molecule has 1 aliphatic rings. The Hall–Kier alpha value is -2.62. The molecule has 1 aliphatic heterocycles. The van der Waals surface area contributed by atoms with Crippen molar-refractivity contribution in [2.45, 2.75) is 45.6 Å². The molecule has 0 bridgehead atoms. The fourth-order valence-corrected chi connectivity index (χ4v) is 3.63. The van der Waals surface area contributed by atoms with E-state index in [-0.39, 0.29) is 17.7 Å². The highest BCUT2D eigenvalue weighted by atomic mass is 16.2. The number of nitrogens with one attached hydrogen (secondary N) is 1. The topological polar surface area (TPSA) is 49.4 Å². The zero-order valence-corrected chi connectivity index (χ0v) is 16.4. The third-order valence-electron chi connectivity index (χ3n) is 5.19. The molecule has 0 aliphatic carbocycles. The van der Waals surface area contributed by atoms with E-state index in [1.165, 1.54) is 12.5 Å². The number of carbonyl (C=O) groups is 2. The fraction of sp³-hybridized carbons (Fsp3) is 0.391. The molecule has 142 valence electrons. The zero-order chi connectivity index (χ0) is 19.4. The Balaban J connectivity index is 1.69. The largest absolute Gasteiger partial charge is 0.381 e. The number of carbonyl (C=O) groups excluding carboxylic acids is 2. The van der Waals surface area contributed by atoms with Gasteiger partial charge in [-0.25, -0.2) is 0 Å². The third-order valence-corrected chi connectivity index (χ3v) is 5.19. The maximum Gasteiger partial charge on any atom is 0.254 e. The van der Waals surface area contributed by atoms with Crippen LogP contribution in [0.15, 0.2) is 48.5 Å². The molecule has 0 aromatic heterocycles. The van der Waals surface area contributed by atoms with Gasteiger partial charge in [0.15, 0.2) is 5.78 Å². The fourth-order valence-electron chi connectivity index (χ4n) is 3.63. The Morgan fingerprint density at radius 1 is 1.04 bits per heavy atom. The predicted octanol–water partition coefficient (Wildman–Crippen LogP) is 4.73. The van der Waals surface area contributed by atoms with E-state index in [9.17, 15) is 9.59 Å². The maximum absolute atomic E-state index is 13.0. The van der Waals surface area contributed by atoms with Crippen molar-refractivity contribution in [2.75, 3.05) is 18.4 Å². The van der Waals surface area contributed by atoms with Crippen LogP contribution in [0.3, 0.4) is 0 Å². The summed E-state index contributed by atoms with van der Waals surface area (Å²) in [6.07, 6.45) is 1.99. The maximum atomic E-state index is 13.0. The summed E-state index contributed by atoms with van der Waals surface area (Å²) in [6.45, 7) is 7.26. The van der Waals surface area contributed by atoms with E-state index >= 15 is 0 Å². The molecule has 0 saturated carbocycles. The minimum absolute atomic E-state index is 0.0533. The highest BCUT2D eigenvalue weighted by Crippen LogP contribution is 2.22. The second kappa shape index (κ2) is 8.38. The summed E-state index contributed by atoms with van der Waals surface area (Å²) in [5.41, 5.74) is 3.42. The molecule has 1 fully saturated rings. The van der Waals surface area contributed by atoms with E-state index < -0.39 is 0 Å². The quantitative estimate of drug-likeness (QED) is 0.780. The molecule has 1 atom stereocenters. The van der Waals surface area contributed by atoms with Crippen molar-refractivity contribution < 1.29 is 9.59 Å². The molecule has 4 heteroatoms. The van der Waals surface area contributed by atoms with Crippen molar-refractivity contribution in [3.63, 3.8) is 0 Å². The van der Waals surface area contributed by atoms with Gasteiger partial charge in [-0.2, -0.15) is 0 Å². The van der Waals surface area contributed by atoms with E-state index in [0.29, 0.717) is 23.6 Å². The summed E-state index contributed by atoms with van der Waals surface area (Å²) < 4.78 is 0. The van der Waals surface area contributed by atoms with Gasteiger partial charge in [0, 0.05) is 30.4 Å². The molecule has 1 saturated heterocycles. The number of nitrogens with zero attached hydrogens (tertiary/aromatic N) is 1. The van der Waals surface area contributed by atoms with Gasteiger partial charge in [-0.3, -0.25) is 9.59 Å². The van der Waals surface area contributed by atoms with Crippen molar-refractivity contribution in [1.29, 1.82) is 0 Å². The van der Waals surface area contributed by atoms with E-state index in [4.69, 9.17) is 0 Å². The SMILES string of the molecule is CC(=O)c1ccccc1C(=O)N1CCCC(Nc2ccc(C(C)C)cc2)C1. The molecule has 1 heterocycles. The van der Waals surface area contributed by atoms with Gasteiger partial charge in [-0.1, -0.05) is 44.2 Å². The Labute approximate surface area is 161 Å². The molecule has 0 radical (unpaired) electrons. The molecule has 1 unspecified atom stereocenters. The van der Waals surface area contributed by atoms with Crippen LogP contribution >= 0.6 is 0 Å². The summed E-state index contributed by atoms with van der Waals surface area (Å²) in [6, 6.07) is 15.8. The van der Waals surface area contributed by atoms with Crippen molar-refractivity contribution >= 4 is 17.4 Å². The number of piperidine rings is 1. The lowest BCUT2D eigenvalue weighted by molar-refractivity contribution is 0.0710. The highest BCUT2D eigenvalue weighted by molar-refractivity contribution is 6.07. The molecule has 1 N–H and O–H groups in total. The van der Waals surface area contributed by atoms with Crippen LogP contribution in [0.4, 0.5) is 5.69 Å². The molecule has 2 aromatic carbocycles. The lowest BCUT2D eigenvalue weighted by Gasteiger charge is -2.34. The first-order valence-electron chi connectivity index (χ1n) is 9.71. The van der Waals surface area contributed by atoms with Gasteiger partial charge in [-0.15, -0.1) is 0 Å². The monoisotopic (exact) mass is 364 g/mol. The van der Waals surface area contributed by atoms with Crippen LogP contribution in [-0.4, -0.2) is 35.7 Å². The third kappa shape index (κ3) is 4.57. The van der Waals surface area contributed by atoms with Crippen LogP contribution in [0.1, 0.15) is 65.8 Å². The number of likely N-dealkylation sites (tertiary alicyclic amines) is 1. The van der Waals surface area contributed by atoms with Crippen molar-refractivity contribution in [1.82, 2.24) is 4.90 Å². The Kier molecular flexibility index (Phi) is 5.94. The van der Waals surface area contributed by atoms with Gasteiger partial charge >= 0.3 is 0 Å². The van der Waals surface area contributed by atoms with Gasteiger partial charge in [-0.05, 0) is 49.4 Å². The van der Waals surface area contributed by atoms with Gasteiger partial charge in [0.2, 0.25) is 0 Å². The predicted molar refractivity (Wildman–Crippen MR) is 110 cm³/mol. The van der Waals surface area contributed by atoms with E-state index in [2.05, 4.69) is 43.4 Å². The summed E-state index contributed by atoms with van der Waals surface area (Å²) >= 11 is 0. The van der Waals surface area contributed by atoms with E-state index in [0.717, 1.165) is 25.1 Å². The summed E-state index contributed by atoms with van der Waals surface area (Å²) in [7, 11) is 0. The van der Waals surface area contributed by atoms with Gasteiger partial charge in [0.25, 0.3) is 5.91 Å². The molecule has 3 rings (SSSR count). The molecule has 1 amide bonds. The second-order valence-electron chi connectivity index (χ2n) is 7.61. The van der Waals surface area contributed by atoms with Crippen LogP contribution in [0, 0.1) is 0 Å². The second-order valence-corrected chi connectivity index (χ2v) is 7.61. The number of hydrogen-bond donors (Lipinski definition) is 1. The first kappa shape index (κ1) is 19.2. The Morgan fingerprint density at radius 2 is 1.70 bits per heavy atom. The molecule has 4 nitrogen and oxygen atoms in total. The molecule has 2 aromatic rings. The number of benzene rings is 2. The lowest BCUT2D eigenvalue weighted by atomic mass is 10.00. The van der Waals surface area contributed by atoms with E-state index in [1.807, 2.05) is 11.0 Å². The normalized spacial score (nSPS) is 17.0. The Bertz CT molecular complexity index is 811. The Morgan fingerprint density at radius 3 is 2.33 bits per heavy atom. The summed E-state index contributed by atoms with van der Waals surface area (Å²) in [4.78, 5) is 26.7. The number of Topliss-reactive ketones (excluding diaryl/α,β-unsaturated/α-hetero) is 1. The molecule has 0 spiro atoms. The standard InChI is InChI=1S/C23H28N2O2/c1-16(2)18-10-12-19(13-11-18)24-20-7-6-14-25(15-20)23(27)22-9-5-4-8-21(22)17(3)26/h4-5,8-13,16,20,24H,6-7,14-15H2,1-3H3. The smallest absolute Gasteiger partial charge is 0.254 e. The minimum atomic E-state index is -0.0733. The van der Waals surface area contributed by atoms with Crippen molar-refractivity contribution in [3.05, 3.63) is 65.2 Å². The number of amides is 1. The lowest BCUT2D eigenvalue weighted by Crippen LogP contribution is -2.45. The number of anilines is 1. The van der Waals surface area contributed by atoms with Gasteiger partial charge in [0.05, 0.1) is 5.56 Å². The van der Waals surface area contributed by atoms with Crippen molar-refractivity contribution in [2.24, 2.45) is 0 Å². The first-order valence-corrected chi connectivity index (χ1v) is 9.71. The van der Waals surface area contributed by atoms with E-state index in [1.54, 1.807) is 18.2 Å². The number of rotatable bonds is 5. The van der Waals surface area contributed by atoms with Crippen LogP contribution in [0.2, 0.25) is 0 Å². The summed E-state index contributed by atoms with van der Waals surface area (Å²) in [5.74, 6) is 0.390. The van der Waals surface area contributed by atoms with Crippen molar-refractivity contribution in [3.8, 4) is 0 Å². The minimum Gasteiger partial charge on any atom is -0.381 e. The number of hydrogen-bond acceptors (Lipinski definition) is 3. The highest BCUT2D eigenvalue weighted by Gasteiger charge is 2.26. The molecular weight excluding hydrogens is 336 g/mol. The molecular formula is C23H28N2O2. The van der Waals surface area contributed by atoms with Crippen LogP contribution in [-0.2, 0) is 0 Å². The molecule has 27 heavy (non-hydrogen) atoms. The van der Waals surface area contributed by atoms with Gasteiger partial charge in [0.1, 0.15) is 0 Å².